The molecule has 0 saturated carbocycles. The molecule has 1 unspecified atom stereocenters. The Morgan fingerprint density at radius 2 is 1.88 bits per heavy atom. The molecule has 1 fully saturated rings. The van der Waals surface area contributed by atoms with E-state index in [0.717, 1.165) is 11.1 Å². The van der Waals surface area contributed by atoms with Gasteiger partial charge in [-0.25, -0.2) is 4.79 Å². The molecule has 1 spiro atoms. The summed E-state index contributed by atoms with van der Waals surface area (Å²) in [5, 5.41) is 7.84. The second kappa shape index (κ2) is 6.81. The number of carbonyl (C=O) groups is 4. The van der Waals surface area contributed by atoms with Gasteiger partial charge in [-0.05, 0) is 49.2 Å². The van der Waals surface area contributed by atoms with Gasteiger partial charge in [0, 0.05) is 21.4 Å². The monoisotopic (exact) mass is 438 g/mol. The number of amides is 5. The molecule has 0 bridgehead atoms. The fourth-order valence-electron chi connectivity index (χ4n) is 4.55. The van der Waals surface area contributed by atoms with E-state index in [4.69, 9.17) is 4.74 Å². The average Bonchev–Trinajstić information content (AvgIpc) is 3.22. The summed E-state index contributed by atoms with van der Waals surface area (Å²) in [7, 11) is 0. The minimum Gasteiger partial charge on any atom is -0.476 e. The lowest BCUT2D eigenvalue weighted by Gasteiger charge is -2.38. The molecule has 0 aromatic heterocycles. The van der Waals surface area contributed by atoms with Crippen LogP contribution in [0.5, 0.6) is 5.75 Å². The molecule has 32 heavy (non-hydrogen) atoms. The zero-order valence-electron chi connectivity index (χ0n) is 17.7. The molecule has 0 radical (unpaired) electrons. The lowest BCUT2D eigenvalue weighted by Crippen LogP contribution is -2.54. The van der Waals surface area contributed by atoms with E-state index in [0.29, 0.717) is 30.0 Å². The molecule has 168 valence electrons. The van der Waals surface area contributed by atoms with Crippen LogP contribution in [-0.2, 0) is 27.2 Å². The van der Waals surface area contributed by atoms with Crippen molar-refractivity contribution >= 4 is 35.1 Å². The molecule has 2 aliphatic heterocycles. The third kappa shape index (κ3) is 3.17. The van der Waals surface area contributed by atoms with E-state index in [1.165, 1.54) is 4.90 Å². The van der Waals surface area contributed by atoms with Crippen LogP contribution in [0.1, 0.15) is 27.8 Å². The molecule has 5 rings (SSSR count). The number of imide groups is 1. The number of carbonyl (C=O) groups excluding carboxylic acids is 4. The summed E-state index contributed by atoms with van der Waals surface area (Å²) in [5.74, 6) is -0.448. The van der Waals surface area contributed by atoms with E-state index in [2.05, 4.69) is 16.0 Å². The van der Waals surface area contributed by atoms with Gasteiger partial charge in [-0.3, -0.25) is 24.6 Å². The van der Waals surface area contributed by atoms with Crippen molar-refractivity contribution in [2.45, 2.75) is 37.8 Å². The van der Waals surface area contributed by atoms with Gasteiger partial charge >= 0.3 is 6.03 Å². The fourth-order valence-corrected chi connectivity index (χ4v) is 4.55. The molecule has 5 amide bonds. The first-order chi connectivity index (χ1) is 15.2. The Morgan fingerprint density at radius 3 is 2.62 bits per heavy atom. The molecule has 1 saturated heterocycles. The van der Waals surface area contributed by atoms with Gasteiger partial charge in [-0.1, -0.05) is 18.2 Å². The second-order valence-corrected chi connectivity index (χ2v) is 8.85. The molecule has 1 atom stereocenters. The Morgan fingerprint density at radius 1 is 1.12 bits per heavy atom. The van der Waals surface area contributed by atoms with Gasteiger partial charge in [0.1, 0.15) is 17.8 Å². The second-order valence-electron chi connectivity index (χ2n) is 8.85. The van der Waals surface area contributed by atoms with E-state index in [9.17, 15) is 19.2 Å². The highest BCUT2D eigenvalue weighted by molar-refractivity contribution is 6.09. The maximum absolute atomic E-state index is 12.9. The quantitative estimate of drug-likeness (QED) is 0.634. The first kappa shape index (κ1) is 20.0. The first-order valence-corrected chi connectivity index (χ1v) is 10.3. The number of benzene rings is 2. The molecule has 1 aliphatic carbocycles. The van der Waals surface area contributed by atoms with Crippen molar-refractivity contribution in [3.05, 3.63) is 53.6 Å². The summed E-state index contributed by atoms with van der Waals surface area (Å²) in [6.07, 6.45) is 0.759. The molecular formula is C23H26N4O5. The highest BCUT2D eigenvalue weighted by atomic mass is 16.5. The Balaban J connectivity index is 0.00000162. The van der Waals surface area contributed by atoms with Crippen molar-refractivity contribution in [1.29, 1.82) is 0 Å². The SMILES string of the molecule is CC1(C)Oc2ccccc2N(CC(=O)Nc2ccc3c(c2)CC2(C3)NC(=O)NC2=O)C1=O.[HH].[HH]. The van der Waals surface area contributed by atoms with E-state index in [-0.39, 0.29) is 27.1 Å². The standard InChI is InChI=1S/C23H22N4O5.2H2/c1-22(2)20(30)27(16-5-3-4-6-17(16)32-22)12-18(28)24-15-8-7-13-10-23(11-14(13)9-15)19(29)25-21(31)26-23;;/h3-9H,10-12H2,1-2H3,(H,24,28)(H2,25,26,29,31);2*1H. The number of urea groups is 1. The van der Waals surface area contributed by atoms with Crippen LogP contribution in [0.2, 0.25) is 0 Å². The van der Waals surface area contributed by atoms with Gasteiger partial charge in [-0.2, -0.15) is 0 Å². The van der Waals surface area contributed by atoms with Crippen molar-refractivity contribution in [1.82, 2.24) is 10.6 Å². The maximum Gasteiger partial charge on any atom is 0.322 e. The normalized spacial score (nSPS) is 22.7. The smallest absolute Gasteiger partial charge is 0.322 e. The Bertz CT molecular complexity index is 1200. The number of hydrogen-bond donors (Lipinski definition) is 3. The zero-order valence-corrected chi connectivity index (χ0v) is 17.7. The van der Waals surface area contributed by atoms with Crippen molar-refractivity contribution in [3.63, 3.8) is 0 Å². The molecular weight excluding hydrogens is 412 g/mol. The van der Waals surface area contributed by atoms with E-state index >= 15 is 0 Å². The van der Waals surface area contributed by atoms with Crippen LogP contribution >= 0.6 is 0 Å². The zero-order chi connectivity index (χ0) is 22.7. The van der Waals surface area contributed by atoms with Crippen molar-refractivity contribution in [3.8, 4) is 5.75 Å². The minimum absolute atomic E-state index is 0. The van der Waals surface area contributed by atoms with Crippen LogP contribution in [-0.4, -0.2) is 41.4 Å². The summed E-state index contributed by atoms with van der Waals surface area (Å²) in [5.41, 5.74) is 0.892. The van der Waals surface area contributed by atoms with Crippen molar-refractivity contribution in [2.24, 2.45) is 0 Å². The van der Waals surface area contributed by atoms with Crippen LogP contribution < -0.4 is 25.6 Å². The van der Waals surface area contributed by atoms with E-state index < -0.39 is 17.2 Å². The average molecular weight is 438 g/mol. The Hall–Kier alpha value is -3.88. The number of nitrogens with one attached hydrogen (secondary N) is 3. The summed E-state index contributed by atoms with van der Waals surface area (Å²) in [6, 6.07) is 12.0. The van der Waals surface area contributed by atoms with Crippen LogP contribution in [0.3, 0.4) is 0 Å². The number of hydrogen-bond acceptors (Lipinski definition) is 5. The number of para-hydroxylation sites is 2. The van der Waals surface area contributed by atoms with Crippen molar-refractivity contribution < 1.29 is 26.8 Å². The number of fused-ring (bicyclic) bond motifs is 2. The summed E-state index contributed by atoms with van der Waals surface area (Å²) >= 11 is 0. The molecule has 9 nitrogen and oxygen atoms in total. The number of nitrogens with zero attached hydrogens (tertiary/aromatic N) is 1. The maximum atomic E-state index is 12.9. The number of ether oxygens (including phenoxy) is 1. The van der Waals surface area contributed by atoms with Gasteiger partial charge < -0.3 is 15.4 Å². The van der Waals surface area contributed by atoms with Gasteiger partial charge in [-0.15, -0.1) is 0 Å². The topological polar surface area (TPSA) is 117 Å². The van der Waals surface area contributed by atoms with E-state index in [1.54, 1.807) is 44.2 Å². The molecule has 2 heterocycles. The molecule has 3 aliphatic rings. The molecule has 2 aromatic rings. The summed E-state index contributed by atoms with van der Waals surface area (Å²) < 4.78 is 5.79. The highest BCUT2D eigenvalue weighted by Gasteiger charge is 2.50. The van der Waals surface area contributed by atoms with Crippen LogP contribution in [0.25, 0.3) is 0 Å². The van der Waals surface area contributed by atoms with Gasteiger partial charge in [0.25, 0.3) is 11.8 Å². The van der Waals surface area contributed by atoms with Crippen LogP contribution in [0.15, 0.2) is 42.5 Å². The number of anilines is 2. The van der Waals surface area contributed by atoms with Gasteiger partial charge in [0.15, 0.2) is 5.60 Å². The third-order valence-electron chi connectivity index (χ3n) is 6.07. The van der Waals surface area contributed by atoms with Crippen LogP contribution in [0, 0.1) is 0 Å². The lowest BCUT2D eigenvalue weighted by molar-refractivity contribution is -0.133. The largest absolute Gasteiger partial charge is 0.476 e. The molecule has 9 heteroatoms. The predicted octanol–water partition coefficient (Wildman–Crippen LogP) is 2.00. The van der Waals surface area contributed by atoms with Gasteiger partial charge in [0.05, 0.1) is 5.69 Å². The minimum atomic E-state index is -1.08. The Kier molecular flexibility index (Phi) is 4.27. The van der Waals surface area contributed by atoms with Gasteiger partial charge in [0.2, 0.25) is 5.91 Å². The fraction of sp³-hybridized carbons (Fsp3) is 0.304. The number of rotatable bonds is 3. The van der Waals surface area contributed by atoms with Crippen LogP contribution in [0.4, 0.5) is 16.2 Å². The first-order valence-electron chi connectivity index (χ1n) is 10.3. The summed E-state index contributed by atoms with van der Waals surface area (Å²) in [6.45, 7) is 3.18. The van der Waals surface area contributed by atoms with Crippen molar-refractivity contribution in [2.75, 3.05) is 16.8 Å². The Labute approximate surface area is 187 Å². The third-order valence-corrected chi connectivity index (χ3v) is 6.07. The lowest BCUT2D eigenvalue weighted by atomic mass is 9.96. The van der Waals surface area contributed by atoms with E-state index in [1.807, 2.05) is 12.1 Å². The summed E-state index contributed by atoms with van der Waals surface area (Å²) in [4.78, 5) is 51.0. The highest BCUT2D eigenvalue weighted by Crippen LogP contribution is 2.37. The molecule has 3 N–H and O–H groups in total. The predicted molar refractivity (Wildman–Crippen MR) is 120 cm³/mol. The molecule has 2 aromatic carbocycles.